The van der Waals surface area contributed by atoms with Gasteiger partial charge in [0, 0.05) is 30.0 Å². The third kappa shape index (κ3) is 3.59. The van der Waals surface area contributed by atoms with E-state index >= 15 is 0 Å². The lowest BCUT2D eigenvalue weighted by molar-refractivity contribution is 0.102. The molecular weight excluding hydrogens is 336 g/mol. The van der Waals surface area contributed by atoms with Crippen molar-refractivity contribution >= 4 is 22.4 Å². The molecule has 3 heterocycles. The standard InChI is InChI=1S/C17H18N6OS/c1-22-7-6-14-15(9-22)25-17(20-14)21-16(24)13-4-2-12(3-5-13)8-23-11-18-10-19-23/h2-5,10-11H,6-9H2,1H3,(H,20,21,24). The van der Waals surface area contributed by atoms with Gasteiger partial charge in [0.15, 0.2) is 5.13 Å². The van der Waals surface area contributed by atoms with E-state index in [4.69, 9.17) is 0 Å². The van der Waals surface area contributed by atoms with Gasteiger partial charge in [-0.15, -0.1) is 11.3 Å². The molecule has 128 valence electrons. The van der Waals surface area contributed by atoms with Crippen LogP contribution < -0.4 is 5.32 Å². The van der Waals surface area contributed by atoms with E-state index < -0.39 is 0 Å². The number of hydrogen-bond acceptors (Lipinski definition) is 6. The SMILES string of the molecule is CN1CCc2nc(NC(=O)c3ccc(Cn4cncn4)cc3)sc2C1. The topological polar surface area (TPSA) is 75.9 Å². The molecule has 7 nitrogen and oxygen atoms in total. The number of likely N-dealkylation sites (N-methyl/N-ethyl adjacent to an activating group) is 1. The van der Waals surface area contributed by atoms with Crippen molar-refractivity contribution in [3.8, 4) is 0 Å². The average molecular weight is 354 g/mol. The zero-order valence-corrected chi connectivity index (χ0v) is 14.7. The Bertz CT molecular complexity index is 871. The summed E-state index contributed by atoms with van der Waals surface area (Å²) in [5, 5.41) is 7.67. The number of fused-ring (bicyclic) bond motifs is 1. The molecule has 1 amide bonds. The third-order valence-corrected chi connectivity index (χ3v) is 5.17. The van der Waals surface area contributed by atoms with Gasteiger partial charge in [-0.1, -0.05) is 12.1 Å². The summed E-state index contributed by atoms with van der Waals surface area (Å²) in [5.41, 5.74) is 2.80. The molecule has 1 aromatic carbocycles. The van der Waals surface area contributed by atoms with Crippen LogP contribution in [0.25, 0.3) is 0 Å². The van der Waals surface area contributed by atoms with Crippen LogP contribution in [0.15, 0.2) is 36.9 Å². The molecular formula is C17H18N6OS. The van der Waals surface area contributed by atoms with Gasteiger partial charge in [-0.3, -0.25) is 10.1 Å². The van der Waals surface area contributed by atoms with Crippen LogP contribution in [0.3, 0.4) is 0 Å². The fraction of sp³-hybridized carbons (Fsp3) is 0.294. The second-order valence-corrected chi connectivity index (χ2v) is 7.20. The summed E-state index contributed by atoms with van der Waals surface area (Å²) in [6, 6.07) is 7.50. The number of nitrogens with zero attached hydrogens (tertiary/aromatic N) is 5. The van der Waals surface area contributed by atoms with Gasteiger partial charge in [0.25, 0.3) is 5.91 Å². The first-order valence-electron chi connectivity index (χ1n) is 8.07. The normalized spacial score (nSPS) is 14.3. The first-order valence-corrected chi connectivity index (χ1v) is 8.89. The first-order chi connectivity index (χ1) is 12.2. The molecule has 0 spiro atoms. The number of nitrogens with one attached hydrogen (secondary N) is 1. The highest BCUT2D eigenvalue weighted by Crippen LogP contribution is 2.28. The lowest BCUT2D eigenvalue weighted by Gasteiger charge is -2.20. The highest BCUT2D eigenvalue weighted by molar-refractivity contribution is 7.15. The second kappa shape index (κ2) is 6.73. The molecule has 4 rings (SSSR count). The molecule has 1 N–H and O–H groups in total. The summed E-state index contributed by atoms with van der Waals surface area (Å²) in [5.74, 6) is -0.133. The molecule has 0 atom stereocenters. The predicted molar refractivity (Wildman–Crippen MR) is 95.7 cm³/mol. The summed E-state index contributed by atoms with van der Waals surface area (Å²) >= 11 is 1.56. The quantitative estimate of drug-likeness (QED) is 0.776. The number of carbonyl (C=O) groups excluding carboxylic acids is 1. The Morgan fingerprint density at radius 2 is 2.16 bits per heavy atom. The fourth-order valence-electron chi connectivity index (χ4n) is 2.81. The summed E-state index contributed by atoms with van der Waals surface area (Å²) in [6.45, 7) is 2.55. The highest BCUT2D eigenvalue weighted by Gasteiger charge is 2.19. The van der Waals surface area contributed by atoms with Crippen molar-refractivity contribution in [2.45, 2.75) is 19.5 Å². The fourth-order valence-corrected chi connectivity index (χ4v) is 3.89. The van der Waals surface area contributed by atoms with E-state index in [2.05, 4.69) is 32.3 Å². The molecule has 1 aliphatic heterocycles. The van der Waals surface area contributed by atoms with E-state index in [1.54, 1.807) is 22.3 Å². The summed E-state index contributed by atoms with van der Waals surface area (Å²) in [4.78, 5) is 24.4. The number of hydrogen-bond donors (Lipinski definition) is 1. The molecule has 25 heavy (non-hydrogen) atoms. The number of rotatable bonds is 4. The zero-order chi connectivity index (χ0) is 17.2. The first kappa shape index (κ1) is 15.9. The van der Waals surface area contributed by atoms with Crippen LogP contribution >= 0.6 is 11.3 Å². The minimum Gasteiger partial charge on any atom is -0.301 e. The summed E-state index contributed by atoms with van der Waals surface area (Å²) < 4.78 is 1.74. The number of anilines is 1. The van der Waals surface area contributed by atoms with E-state index in [0.29, 0.717) is 17.2 Å². The number of carbonyl (C=O) groups is 1. The van der Waals surface area contributed by atoms with Crippen LogP contribution in [0.5, 0.6) is 0 Å². The van der Waals surface area contributed by atoms with Crippen molar-refractivity contribution in [3.63, 3.8) is 0 Å². The predicted octanol–water partition coefficient (Wildman–Crippen LogP) is 2.02. The maximum atomic E-state index is 12.4. The van der Waals surface area contributed by atoms with E-state index in [0.717, 1.165) is 30.8 Å². The van der Waals surface area contributed by atoms with Gasteiger partial charge < -0.3 is 4.90 Å². The second-order valence-electron chi connectivity index (χ2n) is 6.12. The van der Waals surface area contributed by atoms with E-state index in [9.17, 15) is 4.79 Å². The lowest BCUT2D eigenvalue weighted by Crippen LogP contribution is -2.25. The molecule has 0 saturated heterocycles. The molecule has 1 aliphatic rings. The lowest BCUT2D eigenvalue weighted by atomic mass is 10.1. The van der Waals surface area contributed by atoms with E-state index in [1.807, 2.05) is 24.3 Å². The van der Waals surface area contributed by atoms with Gasteiger partial charge in [-0.2, -0.15) is 5.10 Å². The molecule has 0 bridgehead atoms. The molecule has 0 aliphatic carbocycles. The van der Waals surface area contributed by atoms with Crippen molar-refractivity contribution in [1.82, 2.24) is 24.6 Å². The van der Waals surface area contributed by atoms with Crippen LogP contribution in [0.4, 0.5) is 5.13 Å². The van der Waals surface area contributed by atoms with Gasteiger partial charge in [0.1, 0.15) is 12.7 Å². The van der Waals surface area contributed by atoms with Gasteiger partial charge in [0.2, 0.25) is 0 Å². The Labute approximate surface area is 149 Å². The molecule has 2 aromatic heterocycles. The van der Waals surface area contributed by atoms with Crippen LogP contribution in [-0.2, 0) is 19.5 Å². The highest BCUT2D eigenvalue weighted by atomic mass is 32.1. The van der Waals surface area contributed by atoms with Crippen LogP contribution in [0, 0.1) is 0 Å². The van der Waals surface area contributed by atoms with Crippen LogP contribution in [0.2, 0.25) is 0 Å². The van der Waals surface area contributed by atoms with Gasteiger partial charge in [-0.25, -0.2) is 14.6 Å². The Hall–Kier alpha value is -2.58. The molecule has 0 radical (unpaired) electrons. The van der Waals surface area contributed by atoms with Crippen molar-refractivity contribution in [3.05, 3.63) is 58.6 Å². The number of amides is 1. The smallest absolute Gasteiger partial charge is 0.257 e. The van der Waals surface area contributed by atoms with E-state index in [1.165, 1.54) is 11.2 Å². The zero-order valence-electron chi connectivity index (χ0n) is 13.8. The average Bonchev–Trinajstić information content (AvgIpc) is 3.24. The Kier molecular flexibility index (Phi) is 4.29. The largest absolute Gasteiger partial charge is 0.301 e. The molecule has 0 saturated carbocycles. The van der Waals surface area contributed by atoms with Gasteiger partial charge >= 0.3 is 0 Å². The maximum absolute atomic E-state index is 12.4. The van der Waals surface area contributed by atoms with Crippen LogP contribution in [-0.4, -0.2) is 44.1 Å². The molecule has 3 aromatic rings. The summed E-state index contributed by atoms with van der Waals surface area (Å²) in [6.07, 6.45) is 4.12. The van der Waals surface area contributed by atoms with Gasteiger partial charge in [-0.05, 0) is 24.7 Å². The van der Waals surface area contributed by atoms with Crippen molar-refractivity contribution in [1.29, 1.82) is 0 Å². The maximum Gasteiger partial charge on any atom is 0.257 e. The van der Waals surface area contributed by atoms with Gasteiger partial charge in [0.05, 0.1) is 12.2 Å². The minimum atomic E-state index is -0.133. The van der Waals surface area contributed by atoms with E-state index in [-0.39, 0.29) is 5.91 Å². The molecule has 0 fully saturated rings. The van der Waals surface area contributed by atoms with Crippen molar-refractivity contribution in [2.75, 3.05) is 18.9 Å². The number of benzene rings is 1. The monoisotopic (exact) mass is 354 g/mol. The third-order valence-electron chi connectivity index (χ3n) is 4.17. The number of thiazole rings is 1. The molecule has 8 heteroatoms. The van der Waals surface area contributed by atoms with Crippen molar-refractivity contribution < 1.29 is 4.79 Å². The Morgan fingerprint density at radius 1 is 1.32 bits per heavy atom. The minimum absolute atomic E-state index is 0.133. The van der Waals surface area contributed by atoms with Crippen molar-refractivity contribution in [2.24, 2.45) is 0 Å². The Balaban J connectivity index is 1.42. The van der Waals surface area contributed by atoms with Crippen LogP contribution in [0.1, 0.15) is 26.5 Å². The Morgan fingerprint density at radius 3 is 2.92 bits per heavy atom. The summed E-state index contributed by atoms with van der Waals surface area (Å²) in [7, 11) is 2.10. The number of aromatic nitrogens is 4. The molecule has 0 unspecified atom stereocenters.